The van der Waals surface area contributed by atoms with Crippen LogP contribution in [0.2, 0.25) is 0 Å². The number of nitrogens with one attached hydrogen (secondary N) is 1. The predicted molar refractivity (Wildman–Crippen MR) is 88.0 cm³/mol. The zero-order valence-corrected chi connectivity index (χ0v) is 14.1. The summed E-state index contributed by atoms with van der Waals surface area (Å²) in [5.41, 5.74) is 2.44. The highest BCUT2D eigenvalue weighted by Crippen LogP contribution is 2.60. The van der Waals surface area contributed by atoms with Gasteiger partial charge in [0.1, 0.15) is 5.60 Å². The van der Waals surface area contributed by atoms with Crippen molar-refractivity contribution in [1.29, 1.82) is 0 Å². The summed E-state index contributed by atoms with van der Waals surface area (Å²) in [6.07, 6.45) is 1.48. The third-order valence-electron chi connectivity index (χ3n) is 4.71. The molecule has 2 aliphatic carbocycles. The molecule has 0 bridgehead atoms. The van der Waals surface area contributed by atoms with Gasteiger partial charge < -0.3 is 10.1 Å². The van der Waals surface area contributed by atoms with Gasteiger partial charge in [-0.25, -0.2) is 0 Å². The maximum Gasteiger partial charge on any atom is 0.306 e. The van der Waals surface area contributed by atoms with Crippen molar-refractivity contribution in [2.45, 2.75) is 51.6 Å². The molecule has 3 atom stereocenters. The maximum absolute atomic E-state index is 11.9. The van der Waals surface area contributed by atoms with Crippen molar-refractivity contribution in [3.05, 3.63) is 35.4 Å². The second kappa shape index (κ2) is 5.99. The fourth-order valence-corrected chi connectivity index (χ4v) is 3.69. The second-order valence-corrected chi connectivity index (χ2v) is 7.65. The van der Waals surface area contributed by atoms with Crippen LogP contribution >= 0.6 is 0 Å². The topological polar surface area (TPSA) is 55.4 Å². The van der Waals surface area contributed by atoms with Crippen LogP contribution in [0.25, 0.3) is 0 Å². The Kier molecular flexibility index (Phi) is 4.17. The lowest BCUT2D eigenvalue weighted by molar-refractivity contribution is -0.155. The van der Waals surface area contributed by atoms with Crippen LogP contribution in [-0.4, -0.2) is 24.0 Å². The number of hydrogen-bond donors (Lipinski definition) is 1. The Morgan fingerprint density at radius 1 is 1.22 bits per heavy atom. The van der Waals surface area contributed by atoms with Gasteiger partial charge in [-0.2, -0.15) is 0 Å². The fraction of sp³-hybridized carbons (Fsp3) is 0.579. The number of fused-ring (bicyclic) bond motifs is 3. The van der Waals surface area contributed by atoms with Crippen LogP contribution in [0.4, 0.5) is 0 Å². The van der Waals surface area contributed by atoms with E-state index in [2.05, 4.69) is 29.6 Å². The molecule has 0 radical (unpaired) electrons. The minimum absolute atomic E-state index is 0.0610. The molecule has 1 aromatic carbocycles. The van der Waals surface area contributed by atoms with Gasteiger partial charge in [0.15, 0.2) is 0 Å². The van der Waals surface area contributed by atoms with Crippen molar-refractivity contribution in [3.8, 4) is 0 Å². The van der Waals surface area contributed by atoms with E-state index in [9.17, 15) is 9.59 Å². The highest BCUT2D eigenvalue weighted by atomic mass is 16.6. The first-order valence-corrected chi connectivity index (χ1v) is 8.41. The predicted octanol–water partition coefficient (Wildman–Crippen LogP) is 2.81. The Balaban J connectivity index is 1.38. The molecule has 0 unspecified atom stereocenters. The van der Waals surface area contributed by atoms with E-state index in [1.807, 2.05) is 20.8 Å². The molecule has 3 rings (SSSR count). The van der Waals surface area contributed by atoms with Gasteiger partial charge in [-0.3, -0.25) is 9.59 Å². The Bertz CT molecular complexity index is 617. The molecule has 2 aliphatic rings. The van der Waals surface area contributed by atoms with E-state index in [1.165, 1.54) is 11.1 Å². The standard InChI is InChI=1S/C19H25NO3/c1-19(2,3)23-17(22)9-8-16(21)20-11-15-14-10-12-6-4-5-7-13(12)18(14)15/h4-7,14-15,18H,8-11H2,1-3H3,(H,20,21)/t14-,15-,18+/m1/s1. The molecule has 1 amide bonds. The molecule has 0 saturated heterocycles. The van der Waals surface area contributed by atoms with E-state index in [0.717, 1.165) is 13.0 Å². The molecule has 4 nitrogen and oxygen atoms in total. The van der Waals surface area contributed by atoms with Crippen LogP contribution in [0.5, 0.6) is 0 Å². The number of amides is 1. The Morgan fingerprint density at radius 3 is 2.70 bits per heavy atom. The summed E-state index contributed by atoms with van der Waals surface area (Å²) in [6, 6.07) is 8.61. The molecular weight excluding hydrogens is 290 g/mol. The normalized spacial score (nSPS) is 24.6. The molecule has 0 spiro atoms. The Hall–Kier alpha value is -1.84. The second-order valence-electron chi connectivity index (χ2n) is 7.65. The minimum atomic E-state index is -0.494. The number of carbonyl (C=O) groups is 2. The highest BCUT2D eigenvalue weighted by Gasteiger charge is 2.54. The zero-order valence-electron chi connectivity index (χ0n) is 14.1. The Morgan fingerprint density at radius 2 is 1.96 bits per heavy atom. The van der Waals surface area contributed by atoms with Gasteiger partial charge >= 0.3 is 5.97 Å². The summed E-state index contributed by atoms with van der Waals surface area (Å²) < 4.78 is 5.21. The SMILES string of the molecule is CC(C)(C)OC(=O)CCC(=O)NC[C@@H]1[C@H]2Cc3ccccc3[C@H]12. The molecule has 23 heavy (non-hydrogen) atoms. The average molecular weight is 315 g/mol. The van der Waals surface area contributed by atoms with Crippen molar-refractivity contribution in [3.63, 3.8) is 0 Å². The molecule has 0 aliphatic heterocycles. The van der Waals surface area contributed by atoms with E-state index in [1.54, 1.807) is 0 Å². The van der Waals surface area contributed by atoms with Gasteiger partial charge in [0, 0.05) is 13.0 Å². The highest BCUT2D eigenvalue weighted by molar-refractivity contribution is 5.81. The number of benzene rings is 1. The molecular formula is C19H25NO3. The van der Waals surface area contributed by atoms with E-state index in [0.29, 0.717) is 17.8 Å². The van der Waals surface area contributed by atoms with Crippen LogP contribution in [0.1, 0.15) is 50.7 Å². The van der Waals surface area contributed by atoms with Crippen molar-refractivity contribution in [2.75, 3.05) is 6.54 Å². The van der Waals surface area contributed by atoms with Crippen molar-refractivity contribution in [2.24, 2.45) is 11.8 Å². The quantitative estimate of drug-likeness (QED) is 0.850. The van der Waals surface area contributed by atoms with Gasteiger partial charge in [-0.15, -0.1) is 0 Å². The molecule has 1 N–H and O–H groups in total. The van der Waals surface area contributed by atoms with Crippen LogP contribution in [-0.2, 0) is 20.7 Å². The van der Waals surface area contributed by atoms with Gasteiger partial charge in [0.25, 0.3) is 0 Å². The lowest BCUT2D eigenvalue weighted by Crippen LogP contribution is -2.28. The van der Waals surface area contributed by atoms with Crippen molar-refractivity contribution in [1.82, 2.24) is 5.32 Å². The van der Waals surface area contributed by atoms with Crippen molar-refractivity contribution >= 4 is 11.9 Å². The molecule has 0 heterocycles. The Labute approximate surface area is 137 Å². The van der Waals surface area contributed by atoms with Crippen LogP contribution in [0.15, 0.2) is 24.3 Å². The molecule has 4 heteroatoms. The summed E-state index contributed by atoms with van der Waals surface area (Å²) in [5.74, 6) is 1.50. The van der Waals surface area contributed by atoms with Gasteiger partial charge in [-0.05, 0) is 56.1 Å². The zero-order chi connectivity index (χ0) is 16.6. The average Bonchev–Trinajstić information content (AvgIpc) is 3.00. The summed E-state index contributed by atoms with van der Waals surface area (Å²) >= 11 is 0. The summed E-state index contributed by atoms with van der Waals surface area (Å²) in [6.45, 7) is 6.20. The first kappa shape index (κ1) is 16.0. The summed E-state index contributed by atoms with van der Waals surface area (Å²) in [4.78, 5) is 23.5. The number of rotatable bonds is 5. The smallest absolute Gasteiger partial charge is 0.306 e. The van der Waals surface area contributed by atoms with Crippen LogP contribution < -0.4 is 5.32 Å². The largest absolute Gasteiger partial charge is 0.460 e. The number of hydrogen-bond acceptors (Lipinski definition) is 3. The third-order valence-corrected chi connectivity index (χ3v) is 4.71. The monoisotopic (exact) mass is 315 g/mol. The number of carbonyl (C=O) groups excluding carboxylic acids is 2. The molecule has 1 aromatic rings. The maximum atomic E-state index is 11.9. The molecule has 0 aromatic heterocycles. The molecule has 1 saturated carbocycles. The van der Waals surface area contributed by atoms with E-state index in [4.69, 9.17) is 4.74 Å². The minimum Gasteiger partial charge on any atom is -0.460 e. The van der Waals surface area contributed by atoms with Crippen LogP contribution in [0, 0.1) is 11.8 Å². The van der Waals surface area contributed by atoms with Gasteiger partial charge in [0.2, 0.25) is 5.91 Å². The van der Waals surface area contributed by atoms with Crippen molar-refractivity contribution < 1.29 is 14.3 Å². The first-order chi connectivity index (χ1) is 10.8. The fourth-order valence-electron chi connectivity index (χ4n) is 3.69. The third kappa shape index (κ3) is 3.74. The lowest BCUT2D eigenvalue weighted by atomic mass is 10.0. The first-order valence-electron chi connectivity index (χ1n) is 8.41. The number of esters is 1. The van der Waals surface area contributed by atoms with E-state index >= 15 is 0 Å². The molecule has 124 valence electrons. The summed E-state index contributed by atoms with van der Waals surface area (Å²) in [7, 11) is 0. The molecule has 1 fully saturated rings. The lowest BCUT2D eigenvalue weighted by Gasteiger charge is -2.19. The summed E-state index contributed by atoms with van der Waals surface area (Å²) in [5, 5.41) is 2.98. The van der Waals surface area contributed by atoms with Gasteiger partial charge in [-0.1, -0.05) is 24.3 Å². The van der Waals surface area contributed by atoms with Gasteiger partial charge in [0.05, 0.1) is 6.42 Å². The van der Waals surface area contributed by atoms with Crippen LogP contribution in [0.3, 0.4) is 0 Å². The number of ether oxygens (including phenoxy) is 1. The van der Waals surface area contributed by atoms with E-state index in [-0.39, 0.29) is 24.7 Å². The van der Waals surface area contributed by atoms with E-state index < -0.39 is 5.60 Å².